The van der Waals surface area contributed by atoms with Crippen LogP contribution in [0.2, 0.25) is 0 Å². The van der Waals surface area contributed by atoms with Gasteiger partial charge in [0.05, 0.1) is 13.7 Å². The first kappa shape index (κ1) is 16.7. The van der Waals surface area contributed by atoms with Gasteiger partial charge in [-0.25, -0.2) is 0 Å². The number of carbonyl (C=O) groups is 1. The molecular weight excluding hydrogens is 250 g/mol. The van der Waals surface area contributed by atoms with Crippen LogP contribution in [0.5, 0.6) is 5.75 Å². The van der Waals surface area contributed by atoms with E-state index in [-0.39, 0.29) is 16.7 Å². The number of rotatable bonds is 6. The first-order chi connectivity index (χ1) is 9.13. The minimum Gasteiger partial charge on any atom is -0.497 e. The Labute approximate surface area is 122 Å². The fraction of sp³-hybridized carbons (Fsp3) is 0.588. The maximum absolute atomic E-state index is 12.2. The Morgan fingerprint density at radius 1 is 1.10 bits per heavy atom. The van der Waals surface area contributed by atoms with Gasteiger partial charge in [-0.15, -0.1) is 0 Å². The molecule has 0 aliphatic carbocycles. The van der Waals surface area contributed by atoms with Crippen molar-refractivity contribution in [1.29, 1.82) is 0 Å². The Balaban J connectivity index is 2.58. The van der Waals surface area contributed by atoms with E-state index >= 15 is 0 Å². The Bertz CT molecular complexity index is 441. The second-order valence-corrected chi connectivity index (χ2v) is 7.13. The second kappa shape index (κ2) is 6.40. The van der Waals surface area contributed by atoms with Crippen LogP contribution in [0.25, 0.3) is 0 Å². The topological polar surface area (TPSA) is 38.3 Å². The van der Waals surface area contributed by atoms with Crippen LogP contribution in [0, 0.1) is 5.41 Å². The fourth-order valence-electron chi connectivity index (χ4n) is 2.59. The molecule has 1 aromatic rings. The highest BCUT2D eigenvalue weighted by molar-refractivity contribution is 5.97. The van der Waals surface area contributed by atoms with Gasteiger partial charge in [0.25, 0.3) is 0 Å². The Morgan fingerprint density at radius 3 is 2.10 bits per heavy atom. The fourth-order valence-corrected chi connectivity index (χ4v) is 2.59. The van der Waals surface area contributed by atoms with Gasteiger partial charge in [0.2, 0.25) is 0 Å². The molecule has 0 aromatic heterocycles. The average Bonchev–Trinajstić information content (AvgIpc) is 2.33. The standard InChI is InChI=1S/C17H27NO2/c1-16(2,3)12-17(4,5)18-11-15(19)13-7-9-14(20-6)10-8-13/h7-10,18H,11-12H2,1-6H3. The molecule has 1 N–H and O–H groups in total. The molecule has 0 bridgehead atoms. The van der Waals surface area contributed by atoms with E-state index in [1.54, 1.807) is 19.2 Å². The second-order valence-electron chi connectivity index (χ2n) is 7.13. The van der Waals surface area contributed by atoms with Crippen LogP contribution < -0.4 is 10.1 Å². The van der Waals surface area contributed by atoms with Gasteiger partial charge < -0.3 is 10.1 Å². The van der Waals surface area contributed by atoms with Crippen LogP contribution in [0.15, 0.2) is 24.3 Å². The predicted molar refractivity (Wildman–Crippen MR) is 83.5 cm³/mol. The van der Waals surface area contributed by atoms with Crippen LogP contribution >= 0.6 is 0 Å². The number of nitrogens with one attached hydrogen (secondary N) is 1. The largest absolute Gasteiger partial charge is 0.497 e. The molecule has 112 valence electrons. The maximum atomic E-state index is 12.2. The molecule has 0 atom stereocenters. The lowest BCUT2D eigenvalue weighted by atomic mass is 9.82. The van der Waals surface area contributed by atoms with E-state index in [0.717, 1.165) is 12.2 Å². The highest BCUT2D eigenvalue weighted by Gasteiger charge is 2.25. The minimum absolute atomic E-state index is 0.0552. The summed E-state index contributed by atoms with van der Waals surface area (Å²) in [5.74, 6) is 0.872. The van der Waals surface area contributed by atoms with Gasteiger partial charge in [-0.2, -0.15) is 0 Å². The Kier molecular flexibility index (Phi) is 5.35. The van der Waals surface area contributed by atoms with Crippen molar-refractivity contribution >= 4 is 5.78 Å². The summed E-state index contributed by atoms with van der Waals surface area (Å²) < 4.78 is 5.09. The number of carbonyl (C=O) groups excluding carboxylic acids is 1. The van der Waals surface area contributed by atoms with Gasteiger partial charge in [0, 0.05) is 11.1 Å². The van der Waals surface area contributed by atoms with E-state index in [4.69, 9.17) is 4.74 Å². The van der Waals surface area contributed by atoms with Crippen molar-refractivity contribution in [2.24, 2.45) is 5.41 Å². The molecule has 0 heterocycles. The molecule has 20 heavy (non-hydrogen) atoms. The Hall–Kier alpha value is -1.35. The van der Waals surface area contributed by atoms with Crippen molar-refractivity contribution in [2.75, 3.05) is 13.7 Å². The molecule has 0 fully saturated rings. The molecule has 0 unspecified atom stereocenters. The molecule has 0 amide bonds. The number of hydrogen-bond acceptors (Lipinski definition) is 3. The number of Topliss-reactive ketones (excluding diaryl/α,β-unsaturated/α-hetero) is 1. The SMILES string of the molecule is COc1ccc(C(=O)CNC(C)(C)CC(C)(C)C)cc1. The van der Waals surface area contributed by atoms with E-state index in [9.17, 15) is 4.79 Å². The Morgan fingerprint density at radius 2 is 1.65 bits per heavy atom. The lowest BCUT2D eigenvalue weighted by Gasteiger charge is -2.33. The first-order valence-corrected chi connectivity index (χ1v) is 7.05. The summed E-state index contributed by atoms with van der Waals surface area (Å²) in [4.78, 5) is 12.2. The normalized spacial score (nSPS) is 12.3. The molecule has 0 spiro atoms. The van der Waals surface area contributed by atoms with Gasteiger partial charge >= 0.3 is 0 Å². The van der Waals surface area contributed by atoms with Crippen LogP contribution in [-0.2, 0) is 0 Å². The summed E-state index contributed by atoms with van der Waals surface area (Å²) in [6.07, 6.45) is 1.01. The molecule has 0 radical (unpaired) electrons. The summed E-state index contributed by atoms with van der Waals surface area (Å²) in [6.45, 7) is 11.3. The number of benzene rings is 1. The van der Waals surface area contributed by atoms with Gasteiger partial charge in [-0.05, 0) is 49.9 Å². The van der Waals surface area contributed by atoms with Crippen molar-refractivity contribution in [3.63, 3.8) is 0 Å². The van der Waals surface area contributed by atoms with E-state index < -0.39 is 0 Å². The van der Waals surface area contributed by atoms with E-state index in [1.807, 2.05) is 12.1 Å². The molecule has 0 aliphatic heterocycles. The third-order valence-corrected chi connectivity index (χ3v) is 3.11. The van der Waals surface area contributed by atoms with Crippen LogP contribution in [0.1, 0.15) is 51.4 Å². The van der Waals surface area contributed by atoms with Crippen molar-refractivity contribution in [2.45, 2.75) is 46.6 Å². The number of hydrogen-bond donors (Lipinski definition) is 1. The maximum Gasteiger partial charge on any atom is 0.176 e. The molecule has 3 nitrogen and oxygen atoms in total. The minimum atomic E-state index is -0.0552. The van der Waals surface area contributed by atoms with Crippen molar-refractivity contribution in [3.8, 4) is 5.75 Å². The smallest absolute Gasteiger partial charge is 0.176 e. The van der Waals surface area contributed by atoms with Crippen LogP contribution in [0.3, 0.4) is 0 Å². The van der Waals surface area contributed by atoms with Crippen LogP contribution in [-0.4, -0.2) is 25.0 Å². The highest BCUT2D eigenvalue weighted by atomic mass is 16.5. The molecule has 0 saturated heterocycles. The zero-order valence-electron chi connectivity index (χ0n) is 13.5. The van der Waals surface area contributed by atoms with Gasteiger partial charge in [0.15, 0.2) is 5.78 Å². The monoisotopic (exact) mass is 277 g/mol. The van der Waals surface area contributed by atoms with E-state index in [0.29, 0.717) is 12.1 Å². The third-order valence-electron chi connectivity index (χ3n) is 3.11. The van der Waals surface area contributed by atoms with Crippen molar-refractivity contribution < 1.29 is 9.53 Å². The molecule has 1 rings (SSSR count). The summed E-state index contributed by atoms with van der Waals surface area (Å²) in [6, 6.07) is 7.24. The average molecular weight is 277 g/mol. The molecule has 0 aliphatic rings. The summed E-state index contributed by atoms with van der Waals surface area (Å²) in [7, 11) is 1.62. The van der Waals surface area contributed by atoms with E-state index in [1.165, 1.54) is 0 Å². The zero-order chi connectivity index (χ0) is 15.4. The van der Waals surface area contributed by atoms with Crippen molar-refractivity contribution in [1.82, 2.24) is 5.32 Å². The zero-order valence-corrected chi connectivity index (χ0v) is 13.5. The molecule has 0 saturated carbocycles. The van der Waals surface area contributed by atoms with Gasteiger partial charge in [-0.1, -0.05) is 20.8 Å². The number of methoxy groups -OCH3 is 1. The molecule has 3 heteroatoms. The van der Waals surface area contributed by atoms with Gasteiger partial charge in [-0.3, -0.25) is 4.79 Å². The summed E-state index contributed by atoms with van der Waals surface area (Å²) in [5.41, 5.74) is 0.893. The highest BCUT2D eigenvalue weighted by Crippen LogP contribution is 2.26. The lowest BCUT2D eigenvalue weighted by molar-refractivity contribution is 0.0973. The van der Waals surface area contributed by atoms with E-state index in [2.05, 4.69) is 39.9 Å². The third kappa shape index (κ3) is 5.74. The number of ketones is 1. The lowest BCUT2D eigenvalue weighted by Crippen LogP contribution is -2.44. The first-order valence-electron chi connectivity index (χ1n) is 7.05. The summed E-state index contributed by atoms with van der Waals surface area (Å²) in [5, 5.41) is 3.36. The number of ether oxygens (including phenoxy) is 1. The molecular formula is C17H27NO2. The quantitative estimate of drug-likeness (QED) is 0.806. The summed E-state index contributed by atoms with van der Waals surface area (Å²) >= 11 is 0. The van der Waals surface area contributed by atoms with Crippen LogP contribution in [0.4, 0.5) is 0 Å². The molecule has 1 aromatic carbocycles. The van der Waals surface area contributed by atoms with Gasteiger partial charge in [0.1, 0.15) is 5.75 Å². The predicted octanol–water partition coefficient (Wildman–Crippen LogP) is 3.68. The van der Waals surface area contributed by atoms with Crippen molar-refractivity contribution in [3.05, 3.63) is 29.8 Å².